The summed E-state index contributed by atoms with van der Waals surface area (Å²) >= 11 is 11.3. The van der Waals surface area contributed by atoms with Crippen LogP contribution in [0.3, 0.4) is 0 Å². The van der Waals surface area contributed by atoms with E-state index in [-0.39, 0.29) is 0 Å². The Morgan fingerprint density at radius 2 is 2.05 bits per heavy atom. The summed E-state index contributed by atoms with van der Waals surface area (Å²) in [4.78, 5) is 9.43. The molecule has 4 nitrogen and oxygen atoms in total. The summed E-state index contributed by atoms with van der Waals surface area (Å²) in [5, 5.41) is 6.45. The molecule has 9 heteroatoms. The summed E-state index contributed by atoms with van der Waals surface area (Å²) in [6.07, 6.45) is 0.849. The molecule has 2 rings (SSSR count). The largest absolute Gasteiger partial charge is 0.433 e. The van der Waals surface area contributed by atoms with Crippen molar-refractivity contribution in [1.29, 1.82) is 0 Å². The second kappa shape index (κ2) is 4.57. The number of rotatable bonds is 2. The number of alkyl halides is 4. The number of allylic oxidation sites excluding steroid dienone is 2. The second-order valence-electron chi connectivity index (χ2n) is 3.67. The molecule has 0 amide bonds. The predicted molar refractivity (Wildman–Crippen MR) is 62.7 cm³/mol. The van der Waals surface area contributed by atoms with Gasteiger partial charge in [0.2, 0.25) is 0 Å². The van der Waals surface area contributed by atoms with Gasteiger partial charge in [-0.2, -0.15) is 18.3 Å². The molecular formula is C10H6Cl2F3N3O. The molecule has 2 heterocycles. The Kier molecular flexibility index (Phi) is 3.36. The molecule has 0 bridgehead atoms. The molecule has 0 fully saturated rings. The molecule has 1 aliphatic rings. The lowest BCUT2D eigenvalue weighted by Crippen LogP contribution is -2.35. The average Bonchev–Trinajstić information content (AvgIpc) is 2.74. The first-order valence-corrected chi connectivity index (χ1v) is 5.68. The molecular weight excluding hydrogens is 306 g/mol. The average molecular weight is 312 g/mol. The number of aromatic nitrogens is 2. The number of dihydropyridines is 1. The van der Waals surface area contributed by atoms with Gasteiger partial charge in [-0.3, -0.25) is 9.89 Å². The van der Waals surface area contributed by atoms with Crippen molar-refractivity contribution in [2.24, 2.45) is 0 Å². The summed E-state index contributed by atoms with van der Waals surface area (Å²) < 4.78 is 38.7. The molecule has 0 aliphatic carbocycles. The van der Waals surface area contributed by atoms with Crippen LogP contribution in [0.2, 0.25) is 0 Å². The zero-order chi connectivity index (χ0) is 14.3. The van der Waals surface area contributed by atoms with E-state index >= 15 is 0 Å². The molecule has 0 aromatic carbocycles. The summed E-state index contributed by atoms with van der Waals surface area (Å²) in [6, 6.07) is 0. The molecule has 0 saturated heterocycles. The quantitative estimate of drug-likeness (QED) is 0.501. The van der Waals surface area contributed by atoms with Crippen LogP contribution < -0.4 is 5.32 Å². The van der Waals surface area contributed by atoms with Gasteiger partial charge in [-0.1, -0.05) is 17.7 Å². The zero-order valence-electron chi connectivity index (χ0n) is 9.05. The van der Waals surface area contributed by atoms with Crippen LogP contribution in [0.5, 0.6) is 0 Å². The van der Waals surface area contributed by atoms with Crippen molar-refractivity contribution in [3.8, 4) is 0 Å². The summed E-state index contributed by atoms with van der Waals surface area (Å²) in [7, 11) is 0. The van der Waals surface area contributed by atoms with Crippen LogP contribution in [0.4, 0.5) is 13.2 Å². The first-order chi connectivity index (χ1) is 8.76. The number of nitrogens with zero attached hydrogens (tertiary/aromatic N) is 1. The second-order valence-corrected chi connectivity index (χ2v) is 4.61. The maximum Gasteiger partial charge on any atom is 0.433 e. The first-order valence-electron chi connectivity index (χ1n) is 4.92. The highest BCUT2D eigenvalue weighted by molar-refractivity contribution is 6.67. The Bertz CT molecular complexity index is 579. The van der Waals surface area contributed by atoms with Gasteiger partial charge >= 0.3 is 6.18 Å². The van der Waals surface area contributed by atoms with Crippen LogP contribution in [0.15, 0.2) is 24.4 Å². The predicted octanol–water partition coefficient (Wildman–Crippen LogP) is 2.87. The maximum atomic E-state index is 12.9. The van der Waals surface area contributed by atoms with E-state index in [1.807, 2.05) is 0 Å². The number of aromatic amines is 1. The SMILES string of the molecule is O=C(Cl)c1n[nH]c(C(F)(F)F)c1C1(Cl)C=CC=CN1. The van der Waals surface area contributed by atoms with Crippen molar-refractivity contribution in [1.82, 2.24) is 15.5 Å². The van der Waals surface area contributed by atoms with Crippen LogP contribution in [0, 0.1) is 0 Å². The lowest BCUT2D eigenvalue weighted by molar-refractivity contribution is -0.142. The van der Waals surface area contributed by atoms with Crippen LogP contribution in [-0.2, 0) is 11.2 Å². The monoisotopic (exact) mass is 311 g/mol. The molecule has 0 saturated carbocycles. The fourth-order valence-corrected chi connectivity index (χ4v) is 2.12. The molecule has 1 aromatic heterocycles. The smallest absolute Gasteiger partial charge is 0.366 e. The van der Waals surface area contributed by atoms with Crippen LogP contribution >= 0.6 is 23.2 Å². The fraction of sp³-hybridized carbons (Fsp3) is 0.200. The fourth-order valence-electron chi connectivity index (χ4n) is 1.66. The Balaban J connectivity index is 2.65. The highest BCUT2D eigenvalue weighted by Crippen LogP contribution is 2.41. The third kappa shape index (κ3) is 2.48. The van der Waals surface area contributed by atoms with Crippen LogP contribution in [0.25, 0.3) is 0 Å². The van der Waals surface area contributed by atoms with E-state index in [2.05, 4.69) is 10.4 Å². The Hall–Kier alpha value is -1.47. The third-order valence-corrected chi connectivity index (χ3v) is 3.03. The lowest BCUT2D eigenvalue weighted by Gasteiger charge is -2.27. The Morgan fingerprint density at radius 3 is 2.53 bits per heavy atom. The molecule has 1 aliphatic heterocycles. The van der Waals surface area contributed by atoms with Gasteiger partial charge in [0, 0.05) is 0 Å². The van der Waals surface area contributed by atoms with Crippen molar-refractivity contribution in [3.05, 3.63) is 41.4 Å². The van der Waals surface area contributed by atoms with Crippen molar-refractivity contribution < 1.29 is 18.0 Å². The molecule has 0 radical (unpaired) electrons. The van der Waals surface area contributed by atoms with E-state index in [4.69, 9.17) is 23.2 Å². The normalized spacial score (nSPS) is 22.4. The molecule has 19 heavy (non-hydrogen) atoms. The summed E-state index contributed by atoms with van der Waals surface area (Å²) in [6.45, 7) is 0. The van der Waals surface area contributed by atoms with Crippen molar-refractivity contribution in [2.75, 3.05) is 0 Å². The molecule has 1 aromatic rings. The van der Waals surface area contributed by atoms with E-state index in [9.17, 15) is 18.0 Å². The molecule has 1 atom stereocenters. The number of hydrogen-bond acceptors (Lipinski definition) is 3. The number of H-pyrrole nitrogens is 1. The van der Waals surface area contributed by atoms with Gasteiger partial charge in [0.15, 0.2) is 10.7 Å². The Labute approximate surface area is 115 Å². The zero-order valence-corrected chi connectivity index (χ0v) is 10.6. The molecule has 102 valence electrons. The van der Waals surface area contributed by atoms with Crippen molar-refractivity contribution >= 4 is 28.4 Å². The number of hydrogen-bond donors (Lipinski definition) is 2. The van der Waals surface area contributed by atoms with Crippen molar-refractivity contribution in [2.45, 2.75) is 11.2 Å². The van der Waals surface area contributed by atoms with Gasteiger partial charge in [0.25, 0.3) is 5.24 Å². The minimum Gasteiger partial charge on any atom is -0.366 e. The molecule has 1 unspecified atom stereocenters. The minimum atomic E-state index is -4.74. The van der Waals surface area contributed by atoms with Gasteiger partial charge < -0.3 is 5.32 Å². The van der Waals surface area contributed by atoms with Gasteiger partial charge in [-0.05, 0) is 30.0 Å². The highest BCUT2D eigenvalue weighted by Gasteiger charge is 2.45. The molecule has 2 N–H and O–H groups in total. The highest BCUT2D eigenvalue weighted by atomic mass is 35.5. The topological polar surface area (TPSA) is 57.8 Å². The standard InChI is InChI=1S/C10H6Cl2F3N3O/c11-8(19)6-5(7(18-17-6)10(13,14)15)9(12)3-1-2-4-16-9/h1-4,16H,(H,17,18). The van der Waals surface area contributed by atoms with Gasteiger partial charge in [-0.15, -0.1) is 0 Å². The summed E-state index contributed by atoms with van der Waals surface area (Å²) in [5.41, 5.74) is -2.35. The van der Waals surface area contributed by atoms with Gasteiger partial charge in [0.05, 0.1) is 5.56 Å². The van der Waals surface area contributed by atoms with E-state index in [1.54, 1.807) is 5.10 Å². The van der Waals surface area contributed by atoms with E-state index in [0.717, 1.165) is 0 Å². The number of halogens is 5. The van der Waals surface area contributed by atoms with Gasteiger partial charge in [-0.25, -0.2) is 0 Å². The number of carbonyl (C=O) groups excluding carboxylic acids is 1. The minimum absolute atomic E-state index is 0.553. The molecule has 0 spiro atoms. The van der Waals surface area contributed by atoms with E-state index in [1.165, 1.54) is 24.4 Å². The number of carbonyl (C=O) groups is 1. The first kappa shape index (κ1) is 14.0. The van der Waals surface area contributed by atoms with Crippen LogP contribution in [0.1, 0.15) is 21.7 Å². The van der Waals surface area contributed by atoms with E-state index in [0.29, 0.717) is 0 Å². The van der Waals surface area contributed by atoms with Gasteiger partial charge in [0.1, 0.15) is 5.69 Å². The summed E-state index contributed by atoms with van der Waals surface area (Å²) in [5.74, 6) is 0. The lowest BCUT2D eigenvalue weighted by atomic mass is 10.0. The number of nitrogens with one attached hydrogen (secondary N) is 2. The Morgan fingerprint density at radius 1 is 1.37 bits per heavy atom. The van der Waals surface area contributed by atoms with Crippen molar-refractivity contribution in [3.63, 3.8) is 0 Å². The third-order valence-electron chi connectivity index (χ3n) is 2.43. The van der Waals surface area contributed by atoms with Crippen LogP contribution in [-0.4, -0.2) is 15.4 Å². The van der Waals surface area contributed by atoms with E-state index < -0.39 is 33.4 Å². The maximum absolute atomic E-state index is 12.9.